The molecule has 0 bridgehead atoms. The number of ether oxygens (including phenoxy) is 1. The minimum atomic E-state index is -1.17. The standard InChI is InChI=1S/C25H33N3O5/c1-15-23(31)22(24(32)26-14-21(29)30)28-20(27-15)13-16-9-11-17(12-10-16)33-19-8-6-5-7-18(19)25(2,3)4/h5-8,16-17,31H,9-14H2,1-4H3,(H,26,32)(H,29,30). The third kappa shape index (κ3) is 6.43. The number of para-hydroxylation sites is 1. The quantitative estimate of drug-likeness (QED) is 0.581. The van der Waals surface area contributed by atoms with Gasteiger partial charge in [0.25, 0.3) is 5.91 Å². The Hall–Kier alpha value is -3.16. The lowest BCUT2D eigenvalue weighted by Gasteiger charge is -2.31. The SMILES string of the molecule is Cc1nc(CC2CCC(Oc3ccccc3C(C)(C)C)CC2)nc(C(=O)NCC(=O)O)c1O. The number of hydrogen-bond donors (Lipinski definition) is 3. The number of aliphatic carboxylic acids is 1. The van der Waals surface area contributed by atoms with Crippen molar-refractivity contribution in [3.63, 3.8) is 0 Å². The molecule has 2 aromatic rings. The van der Waals surface area contributed by atoms with Crippen LogP contribution in [0.2, 0.25) is 0 Å². The maximum absolute atomic E-state index is 12.2. The molecule has 1 aliphatic rings. The summed E-state index contributed by atoms with van der Waals surface area (Å²) < 4.78 is 6.38. The van der Waals surface area contributed by atoms with E-state index in [9.17, 15) is 14.7 Å². The highest BCUT2D eigenvalue weighted by Gasteiger charge is 2.27. The summed E-state index contributed by atoms with van der Waals surface area (Å²) in [5.74, 6) is -0.441. The van der Waals surface area contributed by atoms with Crippen LogP contribution in [0.1, 0.15) is 74.0 Å². The molecule has 1 saturated carbocycles. The van der Waals surface area contributed by atoms with Crippen LogP contribution in [0.3, 0.4) is 0 Å². The van der Waals surface area contributed by atoms with E-state index in [-0.39, 0.29) is 23.0 Å². The third-order valence-corrected chi connectivity index (χ3v) is 5.97. The molecule has 3 rings (SSSR count). The maximum atomic E-state index is 12.2. The molecule has 178 valence electrons. The smallest absolute Gasteiger partial charge is 0.322 e. The van der Waals surface area contributed by atoms with Gasteiger partial charge in [-0.05, 0) is 55.6 Å². The fraction of sp³-hybridized carbons (Fsp3) is 0.520. The van der Waals surface area contributed by atoms with E-state index in [2.05, 4.69) is 42.1 Å². The Kier molecular flexibility index (Phi) is 7.56. The van der Waals surface area contributed by atoms with Crippen molar-refractivity contribution in [3.8, 4) is 11.5 Å². The summed E-state index contributed by atoms with van der Waals surface area (Å²) in [6, 6.07) is 8.21. The summed E-state index contributed by atoms with van der Waals surface area (Å²) in [6.07, 6.45) is 4.49. The van der Waals surface area contributed by atoms with Crippen molar-refractivity contribution < 1.29 is 24.5 Å². The lowest BCUT2D eigenvalue weighted by atomic mass is 9.84. The Morgan fingerprint density at radius 1 is 1.12 bits per heavy atom. The second-order valence-electron chi connectivity index (χ2n) is 9.71. The molecule has 1 aromatic heterocycles. The number of nitrogens with zero attached hydrogens (tertiary/aromatic N) is 2. The minimum Gasteiger partial charge on any atom is -0.504 e. The van der Waals surface area contributed by atoms with Gasteiger partial charge in [0, 0.05) is 6.42 Å². The van der Waals surface area contributed by atoms with E-state index in [0.717, 1.165) is 31.4 Å². The summed E-state index contributed by atoms with van der Waals surface area (Å²) in [4.78, 5) is 31.5. The molecule has 0 spiro atoms. The van der Waals surface area contributed by atoms with Gasteiger partial charge >= 0.3 is 5.97 Å². The molecular weight excluding hydrogens is 422 g/mol. The zero-order chi connectivity index (χ0) is 24.2. The summed E-state index contributed by atoms with van der Waals surface area (Å²) in [7, 11) is 0. The van der Waals surface area contributed by atoms with E-state index < -0.39 is 18.4 Å². The average Bonchev–Trinajstić information content (AvgIpc) is 2.75. The van der Waals surface area contributed by atoms with Crippen molar-refractivity contribution in [1.82, 2.24) is 15.3 Å². The zero-order valence-corrected chi connectivity index (χ0v) is 19.7. The lowest BCUT2D eigenvalue weighted by molar-refractivity contribution is -0.135. The number of carbonyl (C=O) groups excluding carboxylic acids is 1. The molecule has 0 unspecified atom stereocenters. The third-order valence-electron chi connectivity index (χ3n) is 5.97. The molecule has 0 saturated heterocycles. The Morgan fingerprint density at radius 2 is 1.79 bits per heavy atom. The van der Waals surface area contributed by atoms with Crippen LogP contribution in [0.25, 0.3) is 0 Å². The Morgan fingerprint density at radius 3 is 2.42 bits per heavy atom. The van der Waals surface area contributed by atoms with Gasteiger partial charge in [-0.25, -0.2) is 9.97 Å². The topological polar surface area (TPSA) is 122 Å². The number of rotatable bonds is 7. The molecule has 1 aromatic carbocycles. The van der Waals surface area contributed by atoms with Crippen molar-refractivity contribution in [2.24, 2.45) is 5.92 Å². The van der Waals surface area contributed by atoms with Gasteiger partial charge in [0.1, 0.15) is 18.1 Å². The van der Waals surface area contributed by atoms with Gasteiger partial charge in [0.2, 0.25) is 0 Å². The number of benzene rings is 1. The van der Waals surface area contributed by atoms with Gasteiger partial charge < -0.3 is 20.3 Å². The van der Waals surface area contributed by atoms with Crippen LogP contribution in [-0.4, -0.2) is 44.7 Å². The van der Waals surface area contributed by atoms with Crippen LogP contribution in [0, 0.1) is 12.8 Å². The molecule has 0 atom stereocenters. The number of aromatic hydroxyl groups is 1. The second-order valence-corrected chi connectivity index (χ2v) is 9.71. The first kappa shape index (κ1) is 24.5. The summed E-state index contributed by atoms with van der Waals surface area (Å²) in [5, 5.41) is 21.2. The summed E-state index contributed by atoms with van der Waals surface area (Å²) in [5.41, 5.74) is 1.33. The molecule has 0 radical (unpaired) electrons. The Bertz CT molecular complexity index is 1010. The number of carbonyl (C=O) groups is 2. The Balaban J connectivity index is 1.61. The predicted molar refractivity (Wildman–Crippen MR) is 124 cm³/mol. The first-order valence-corrected chi connectivity index (χ1v) is 11.4. The van der Waals surface area contributed by atoms with E-state index in [1.165, 1.54) is 5.56 Å². The van der Waals surface area contributed by atoms with E-state index in [1.54, 1.807) is 6.92 Å². The number of nitrogens with one attached hydrogen (secondary N) is 1. The normalized spacial score (nSPS) is 18.5. The fourth-order valence-corrected chi connectivity index (χ4v) is 4.19. The predicted octanol–water partition coefficient (Wildman–Crippen LogP) is 3.78. The number of aryl methyl sites for hydroxylation is 1. The van der Waals surface area contributed by atoms with Gasteiger partial charge in [0.05, 0.1) is 11.8 Å². The highest BCUT2D eigenvalue weighted by Crippen LogP contribution is 2.35. The van der Waals surface area contributed by atoms with Crippen molar-refractivity contribution >= 4 is 11.9 Å². The second kappa shape index (κ2) is 10.2. The van der Waals surface area contributed by atoms with Crippen molar-refractivity contribution in [2.75, 3.05) is 6.54 Å². The first-order chi connectivity index (χ1) is 15.5. The van der Waals surface area contributed by atoms with E-state index in [0.29, 0.717) is 23.9 Å². The number of carboxylic acids is 1. The van der Waals surface area contributed by atoms with Gasteiger partial charge in [-0.1, -0.05) is 39.0 Å². The van der Waals surface area contributed by atoms with Crippen LogP contribution in [0.15, 0.2) is 24.3 Å². The van der Waals surface area contributed by atoms with Crippen LogP contribution >= 0.6 is 0 Å². The van der Waals surface area contributed by atoms with Crippen molar-refractivity contribution in [2.45, 2.75) is 71.3 Å². The van der Waals surface area contributed by atoms with Gasteiger partial charge in [-0.15, -0.1) is 0 Å². The maximum Gasteiger partial charge on any atom is 0.322 e. The van der Waals surface area contributed by atoms with Crippen molar-refractivity contribution in [1.29, 1.82) is 0 Å². The van der Waals surface area contributed by atoms with Gasteiger partial charge in [-0.3, -0.25) is 9.59 Å². The first-order valence-electron chi connectivity index (χ1n) is 11.4. The van der Waals surface area contributed by atoms with E-state index >= 15 is 0 Å². The lowest BCUT2D eigenvalue weighted by Crippen LogP contribution is -2.30. The van der Waals surface area contributed by atoms with Crippen molar-refractivity contribution in [3.05, 3.63) is 47.0 Å². The number of hydrogen-bond acceptors (Lipinski definition) is 6. The molecule has 1 heterocycles. The van der Waals surface area contributed by atoms with E-state index in [4.69, 9.17) is 9.84 Å². The van der Waals surface area contributed by atoms with Crippen LogP contribution in [0.4, 0.5) is 0 Å². The van der Waals surface area contributed by atoms with Crippen LogP contribution in [-0.2, 0) is 16.6 Å². The number of aromatic nitrogens is 2. The monoisotopic (exact) mass is 455 g/mol. The molecule has 8 heteroatoms. The zero-order valence-electron chi connectivity index (χ0n) is 19.7. The molecule has 1 amide bonds. The largest absolute Gasteiger partial charge is 0.504 e. The molecular formula is C25H33N3O5. The molecule has 1 aliphatic carbocycles. The van der Waals surface area contributed by atoms with Gasteiger partial charge in [-0.2, -0.15) is 0 Å². The Labute approximate surface area is 194 Å². The molecule has 33 heavy (non-hydrogen) atoms. The van der Waals surface area contributed by atoms with Crippen LogP contribution < -0.4 is 10.1 Å². The molecule has 0 aliphatic heterocycles. The summed E-state index contributed by atoms with van der Waals surface area (Å²) >= 11 is 0. The number of amides is 1. The van der Waals surface area contributed by atoms with E-state index in [1.807, 2.05) is 18.2 Å². The number of carboxylic acid groups (broad SMARTS) is 1. The molecule has 1 fully saturated rings. The highest BCUT2D eigenvalue weighted by molar-refractivity contribution is 5.96. The average molecular weight is 456 g/mol. The van der Waals surface area contributed by atoms with Gasteiger partial charge in [0.15, 0.2) is 11.4 Å². The molecule has 3 N–H and O–H groups in total. The summed E-state index contributed by atoms with van der Waals surface area (Å²) in [6.45, 7) is 7.61. The minimum absolute atomic E-state index is 0.0102. The molecule has 8 nitrogen and oxygen atoms in total. The van der Waals surface area contributed by atoms with Crippen LogP contribution in [0.5, 0.6) is 11.5 Å². The highest BCUT2D eigenvalue weighted by atomic mass is 16.5. The fourth-order valence-electron chi connectivity index (χ4n) is 4.19.